The summed E-state index contributed by atoms with van der Waals surface area (Å²) in [6, 6.07) is 5.33. The molecular weight excluding hydrogens is 294 g/mol. The lowest BCUT2D eigenvalue weighted by molar-refractivity contribution is 0.0951. The zero-order chi connectivity index (χ0) is 14.7. The van der Waals surface area contributed by atoms with Gasteiger partial charge >= 0.3 is 0 Å². The minimum absolute atomic E-state index is 0.158. The molecule has 2 N–H and O–H groups in total. The molecule has 4 nitrogen and oxygen atoms in total. The lowest BCUT2D eigenvalue weighted by atomic mass is 10.2. The van der Waals surface area contributed by atoms with E-state index in [-0.39, 0.29) is 5.91 Å². The highest BCUT2D eigenvalue weighted by molar-refractivity contribution is 7.12. The number of rotatable bonds is 4. The molecule has 0 aliphatic heterocycles. The largest absolute Gasteiger partial charge is 0.373 e. The van der Waals surface area contributed by atoms with Gasteiger partial charge in [-0.15, -0.1) is 11.3 Å². The molecule has 0 spiro atoms. The Bertz CT molecular complexity index is 620. The molecule has 0 aromatic carbocycles. The quantitative estimate of drug-likeness (QED) is 0.851. The lowest BCUT2D eigenvalue weighted by Gasteiger charge is -2.06. The summed E-state index contributed by atoms with van der Waals surface area (Å²) >= 11 is 7.58. The van der Waals surface area contributed by atoms with Gasteiger partial charge in [-0.3, -0.25) is 4.79 Å². The molecule has 1 amide bonds. The number of aryl methyl sites for hydroxylation is 2. The molecule has 2 heterocycles. The van der Waals surface area contributed by atoms with E-state index in [4.69, 9.17) is 11.6 Å². The monoisotopic (exact) mass is 309 g/mol. The van der Waals surface area contributed by atoms with E-state index < -0.39 is 0 Å². The fourth-order valence-corrected chi connectivity index (χ4v) is 2.96. The zero-order valence-corrected chi connectivity index (χ0v) is 13.2. The molecule has 0 unspecified atom stereocenters. The van der Waals surface area contributed by atoms with Gasteiger partial charge in [0, 0.05) is 22.4 Å². The predicted octanol–water partition coefficient (Wildman–Crippen LogP) is 3.39. The van der Waals surface area contributed by atoms with Gasteiger partial charge in [-0.2, -0.15) is 0 Å². The average molecular weight is 310 g/mol. The molecule has 0 bridgehead atoms. The minimum atomic E-state index is -0.158. The smallest absolute Gasteiger partial charge is 0.251 e. The summed E-state index contributed by atoms with van der Waals surface area (Å²) < 4.78 is 0. The topological polar surface area (TPSA) is 54.0 Å². The van der Waals surface area contributed by atoms with Crippen LogP contribution in [-0.4, -0.2) is 17.9 Å². The van der Waals surface area contributed by atoms with E-state index in [1.807, 2.05) is 0 Å². The van der Waals surface area contributed by atoms with Gasteiger partial charge < -0.3 is 10.6 Å². The molecule has 0 radical (unpaired) electrons. The van der Waals surface area contributed by atoms with Gasteiger partial charge in [-0.05, 0) is 37.6 Å². The van der Waals surface area contributed by atoms with Crippen molar-refractivity contribution in [2.45, 2.75) is 20.4 Å². The van der Waals surface area contributed by atoms with Crippen LogP contribution in [0.2, 0.25) is 5.15 Å². The number of nitrogens with zero attached hydrogens (tertiary/aromatic N) is 1. The first kappa shape index (κ1) is 14.8. The number of hydrogen-bond donors (Lipinski definition) is 2. The Morgan fingerprint density at radius 2 is 2.10 bits per heavy atom. The Kier molecular flexibility index (Phi) is 4.62. The summed E-state index contributed by atoms with van der Waals surface area (Å²) in [7, 11) is 1.73. The van der Waals surface area contributed by atoms with Crippen molar-refractivity contribution >= 4 is 34.7 Å². The van der Waals surface area contributed by atoms with E-state index in [2.05, 4.69) is 35.5 Å². The first-order valence-corrected chi connectivity index (χ1v) is 7.38. The molecule has 106 valence electrons. The van der Waals surface area contributed by atoms with Crippen molar-refractivity contribution in [2.24, 2.45) is 0 Å². The number of carbonyl (C=O) groups is 1. The molecule has 2 aromatic rings. The summed E-state index contributed by atoms with van der Waals surface area (Å²) in [4.78, 5) is 18.6. The minimum Gasteiger partial charge on any atom is -0.373 e. The number of carbonyl (C=O) groups excluding carboxylic acids is 1. The van der Waals surface area contributed by atoms with Crippen LogP contribution in [0, 0.1) is 13.8 Å². The summed E-state index contributed by atoms with van der Waals surface area (Å²) in [5, 5.41) is 6.06. The van der Waals surface area contributed by atoms with E-state index in [0.29, 0.717) is 23.1 Å². The van der Waals surface area contributed by atoms with Crippen molar-refractivity contribution in [3.05, 3.63) is 44.2 Å². The lowest BCUT2D eigenvalue weighted by Crippen LogP contribution is -2.22. The maximum Gasteiger partial charge on any atom is 0.251 e. The normalized spacial score (nSPS) is 10.4. The SMILES string of the molecule is CNc1cc(C(=O)NCc2cc(C)c(C)s2)cc(Cl)n1. The molecule has 6 heteroatoms. The molecular formula is C14H16ClN3OS. The maximum absolute atomic E-state index is 12.1. The Morgan fingerprint density at radius 3 is 2.70 bits per heavy atom. The summed E-state index contributed by atoms with van der Waals surface area (Å²) in [6.07, 6.45) is 0. The van der Waals surface area contributed by atoms with Crippen LogP contribution in [0.5, 0.6) is 0 Å². The highest BCUT2D eigenvalue weighted by Gasteiger charge is 2.10. The van der Waals surface area contributed by atoms with Crippen LogP contribution in [-0.2, 0) is 6.54 Å². The number of amides is 1. The molecule has 2 aromatic heterocycles. The Hall–Kier alpha value is -1.59. The van der Waals surface area contributed by atoms with Gasteiger partial charge in [0.1, 0.15) is 11.0 Å². The number of anilines is 1. The summed E-state index contributed by atoms with van der Waals surface area (Å²) in [6.45, 7) is 4.67. The number of nitrogens with one attached hydrogen (secondary N) is 2. The van der Waals surface area contributed by atoms with Crippen LogP contribution in [0.4, 0.5) is 5.82 Å². The van der Waals surface area contributed by atoms with Crippen LogP contribution < -0.4 is 10.6 Å². The summed E-state index contributed by atoms with van der Waals surface area (Å²) in [5.41, 5.74) is 1.75. The van der Waals surface area contributed by atoms with Crippen molar-refractivity contribution in [1.29, 1.82) is 0 Å². The molecule has 0 aliphatic rings. The average Bonchev–Trinajstić information content (AvgIpc) is 2.74. The summed E-state index contributed by atoms with van der Waals surface area (Å²) in [5.74, 6) is 0.417. The van der Waals surface area contributed by atoms with Gasteiger partial charge in [-0.25, -0.2) is 4.98 Å². The van der Waals surface area contributed by atoms with Crippen molar-refractivity contribution in [3.63, 3.8) is 0 Å². The second-order valence-electron chi connectivity index (χ2n) is 4.45. The Morgan fingerprint density at radius 1 is 1.35 bits per heavy atom. The third-order valence-corrected chi connectivity index (χ3v) is 4.30. The van der Waals surface area contributed by atoms with Gasteiger partial charge in [0.25, 0.3) is 5.91 Å². The molecule has 2 rings (SSSR count). The molecule has 0 saturated carbocycles. The van der Waals surface area contributed by atoms with E-state index in [1.54, 1.807) is 30.5 Å². The molecule has 20 heavy (non-hydrogen) atoms. The van der Waals surface area contributed by atoms with Gasteiger partial charge in [0.15, 0.2) is 0 Å². The van der Waals surface area contributed by atoms with Crippen LogP contribution >= 0.6 is 22.9 Å². The number of thiophene rings is 1. The third-order valence-electron chi connectivity index (χ3n) is 2.95. The first-order chi connectivity index (χ1) is 9.49. The van der Waals surface area contributed by atoms with Crippen molar-refractivity contribution in [2.75, 3.05) is 12.4 Å². The van der Waals surface area contributed by atoms with E-state index in [9.17, 15) is 4.79 Å². The highest BCUT2D eigenvalue weighted by Crippen LogP contribution is 2.20. The van der Waals surface area contributed by atoms with Crippen LogP contribution in [0.15, 0.2) is 18.2 Å². The number of halogens is 1. The van der Waals surface area contributed by atoms with Crippen LogP contribution in [0.25, 0.3) is 0 Å². The fourth-order valence-electron chi connectivity index (χ4n) is 1.76. The van der Waals surface area contributed by atoms with Gasteiger partial charge in [0.2, 0.25) is 0 Å². The molecule has 0 saturated heterocycles. The Labute approximate surface area is 127 Å². The Balaban J connectivity index is 2.06. The van der Waals surface area contributed by atoms with E-state index >= 15 is 0 Å². The fraction of sp³-hybridized carbons (Fsp3) is 0.286. The standard InChI is InChI=1S/C14H16ClN3OS/c1-8-4-11(20-9(8)2)7-17-14(19)10-5-12(15)18-13(6-10)16-3/h4-6H,7H2,1-3H3,(H,16,18)(H,17,19). The maximum atomic E-state index is 12.1. The second-order valence-corrected chi connectivity index (χ2v) is 6.18. The van der Waals surface area contributed by atoms with Crippen molar-refractivity contribution < 1.29 is 4.79 Å². The van der Waals surface area contributed by atoms with Crippen LogP contribution in [0.1, 0.15) is 25.7 Å². The number of hydrogen-bond acceptors (Lipinski definition) is 4. The second kappa shape index (κ2) is 6.24. The van der Waals surface area contributed by atoms with Crippen LogP contribution in [0.3, 0.4) is 0 Å². The third kappa shape index (κ3) is 3.49. The van der Waals surface area contributed by atoms with Crippen molar-refractivity contribution in [3.8, 4) is 0 Å². The van der Waals surface area contributed by atoms with Gasteiger partial charge in [-0.1, -0.05) is 11.6 Å². The number of pyridine rings is 1. The van der Waals surface area contributed by atoms with E-state index in [0.717, 1.165) is 4.88 Å². The molecule has 0 aliphatic carbocycles. The van der Waals surface area contributed by atoms with Gasteiger partial charge in [0.05, 0.1) is 6.54 Å². The molecule has 0 atom stereocenters. The highest BCUT2D eigenvalue weighted by atomic mass is 35.5. The number of aromatic nitrogens is 1. The first-order valence-electron chi connectivity index (χ1n) is 6.19. The predicted molar refractivity (Wildman–Crippen MR) is 83.8 cm³/mol. The van der Waals surface area contributed by atoms with E-state index in [1.165, 1.54) is 10.4 Å². The zero-order valence-electron chi connectivity index (χ0n) is 11.6. The van der Waals surface area contributed by atoms with Crippen molar-refractivity contribution in [1.82, 2.24) is 10.3 Å². The molecule has 0 fully saturated rings.